The summed E-state index contributed by atoms with van der Waals surface area (Å²) in [6.07, 6.45) is 0. The van der Waals surface area contributed by atoms with Gasteiger partial charge in [0.2, 0.25) is 0 Å². The molecule has 0 aliphatic carbocycles. The third-order valence-electron chi connectivity index (χ3n) is 2.81. The van der Waals surface area contributed by atoms with E-state index in [0.717, 1.165) is 0 Å². The van der Waals surface area contributed by atoms with Crippen LogP contribution in [0, 0.1) is 27.7 Å². The molecule has 1 aromatic carbocycles. The molecule has 0 atom stereocenters. The molecule has 0 aromatic heterocycles. The Morgan fingerprint density at radius 3 is 2.00 bits per heavy atom. The summed E-state index contributed by atoms with van der Waals surface area (Å²) in [5.41, 5.74) is 12.4. The van der Waals surface area contributed by atoms with Crippen LogP contribution in [0.25, 0.3) is 0 Å². The number of nitrogens with two attached hydrogens (primary N) is 1. The van der Waals surface area contributed by atoms with Gasteiger partial charge in [-0.25, -0.2) is 0 Å². The summed E-state index contributed by atoms with van der Waals surface area (Å²) in [5.74, 6) is 0. The van der Waals surface area contributed by atoms with E-state index in [1.165, 1.54) is 27.8 Å². The van der Waals surface area contributed by atoms with Gasteiger partial charge in [-0.2, -0.15) is 0 Å². The molecule has 0 saturated heterocycles. The zero-order chi connectivity index (χ0) is 9.30. The Kier molecular flexibility index (Phi) is 4.45. The van der Waals surface area contributed by atoms with Crippen molar-refractivity contribution in [1.82, 2.24) is 0 Å². The number of halogens is 1. The first-order valence-corrected chi connectivity index (χ1v) is 4.34. The van der Waals surface area contributed by atoms with Crippen LogP contribution in [0.5, 0.6) is 0 Å². The molecule has 13 heavy (non-hydrogen) atoms. The molecule has 0 heterocycles. The zero-order valence-electron chi connectivity index (χ0n) is 8.77. The Morgan fingerprint density at radius 2 is 1.54 bits per heavy atom. The van der Waals surface area contributed by atoms with Gasteiger partial charge in [0.1, 0.15) is 0 Å². The lowest BCUT2D eigenvalue weighted by molar-refractivity contribution is 1.02. The second-order valence-electron chi connectivity index (χ2n) is 3.43. The normalized spacial score (nSPS) is 9.62. The van der Waals surface area contributed by atoms with E-state index in [1.807, 2.05) is 0 Å². The molecule has 74 valence electrons. The Hall–Kier alpha value is -0.530. The van der Waals surface area contributed by atoms with Gasteiger partial charge in [0.15, 0.2) is 0 Å². The van der Waals surface area contributed by atoms with Crippen LogP contribution in [-0.4, -0.2) is 0 Å². The van der Waals surface area contributed by atoms with Gasteiger partial charge >= 0.3 is 0 Å². The fraction of sp³-hybridized carbons (Fsp3) is 0.455. The minimum absolute atomic E-state index is 0. The summed E-state index contributed by atoms with van der Waals surface area (Å²) < 4.78 is 0. The van der Waals surface area contributed by atoms with Crippen molar-refractivity contribution in [3.05, 3.63) is 33.9 Å². The minimum atomic E-state index is 0. The van der Waals surface area contributed by atoms with E-state index < -0.39 is 0 Å². The average molecular weight is 200 g/mol. The van der Waals surface area contributed by atoms with Crippen molar-refractivity contribution in [1.29, 1.82) is 0 Å². The van der Waals surface area contributed by atoms with Crippen molar-refractivity contribution in [2.75, 3.05) is 0 Å². The van der Waals surface area contributed by atoms with Crippen molar-refractivity contribution in [2.24, 2.45) is 5.73 Å². The predicted octanol–water partition coefficient (Wildman–Crippen LogP) is 2.80. The highest BCUT2D eigenvalue weighted by molar-refractivity contribution is 5.85. The quantitative estimate of drug-likeness (QED) is 0.740. The number of hydrogen-bond acceptors (Lipinski definition) is 1. The molecule has 0 saturated carbocycles. The van der Waals surface area contributed by atoms with Gasteiger partial charge in [0, 0.05) is 6.54 Å². The van der Waals surface area contributed by atoms with Crippen LogP contribution in [-0.2, 0) is 6.54 Å². The van der Waals surface area contributed by atoms with E-state index in [9.17, 15) is 0 Å². The Balaban J connectivity index is 0.00000144. The molecule has 0 fully saturated rings. The molecule has 0 aliphatic heterocycles. The monoisotopic (exact) mass is 199 g/mol. The SMILES string of the molecule is Cc1cc(CN)c(C)c(C)c1C.Cl. The lowest BCUT2D eigenvalue weighted by Crippen LogP contribution is -2.03. The summed E-state index contributed by atoms with van der Waals surface area (Å²) in [7, 11) is 0. The lowest BCUT2D eigenvalue weighted by Gasteiger charge is -2.12. The molecule has 0 bridgehead atoms. The Bertz CT molecular complexity index is 305. The van der Waals surface area contributed by atoms with Crippen molar-refractivity contribution in [3.63, 3.8) is 0 Å². The fourth-order valence-electron chi connectivity index (χ4n) is 1.51. The molecule has 2 N–H and O–H groups in total. The first-order chi connectivity index (χ1) is 5.57. The zero-order valence-corrected chi connectivity index (χ0v) is 9.59. The summed E-state index contributed by atoms with van der Waals surface area (Å²) in [6.45, 7) is 9.26. The van der Waals surface area contributed by atoms with Crippen molar-refractivity contribution in [2.45, 2.75) is 34.2 Å². The summed E-state index contributed by atoms with van der Waals surface area (Å²) in [4.78, 5) is 0. The fourth-order valence-corrected chi connectivity index (χ4v) is 1.51. The molecule has 0 amide bonds. The molecule has 0 radical (unpaired) electrons. The standard InChI is InChI=1S/C11H17N.ClH/c1-7-5-11(6-12)10(4)9(3)8(7)2;/h5H,6,12H2,1-4H3;1H. The second-order valence-corrected chi connectivity index (χ2v) is 3.43. The van der Waals surface area contributed by atoms with Crippen LogP contribution < -0.4 is 5.73 Å². The topological polar surface area (TPSA) is 26.0 Å². The molecule has 0 spiro atoms. The van der Waals surface area contributed by atoms with E-state index in [2.05, 4.69) is 33.8 Å². The van der Waals surface area contributed by atoms with E-state index in [-0.39, 0.29) is 12.4 Å². The number of rotatable bonds is 1. The summed E-state index contributed by atoms with van der Waals surface area (Å²) >= 11 is 0. The molecule has 0 unspecified atom stereocenters. The van der Waals surface area contributed by atoms with E-state index >= 15 is 0 Å². The van der Waals surface area contributed by atoms with Crippen LogP contribution in [0.15, 0.2) is 6.07 Å². The van der Waals surface area contributed by atoms with E-state index in [1.54, 1.807) is 0 Å². The highest BCUT2D eigenvalue weighted by Gasteiger charge is 2.04. The highest BCUT2D eigenvalue weighted by atomic mass is 35.5. The summed E-state index contributed by atoms with van der Waals surface area (Å²) in [5, 5.41) is 0. The number of benzene rings is 1. The van der Waals surface area contributed by atoms with E-state index in [0.29, 0.717) is 6.54 Å². The number of hydrogen-bond donors (Lipinski definition) is 1. The van der Waals surface area contributed by atoms with Gasteiger partial charge in [-0.3, -0.25) is 0 Å². The van der Waals surface area contributed by atoms with Gasteiger partial charge < -0.3 is 5.73 Å². The molecular weight excluding hydrogens is 182 g/mol. The number of aryl methyl sites for hydroxylation is 1. The van der Waals surface area contributed by atoms with Crippen molar-refractivity contribution in [3.8, 4) is 0 Å². The molecule has 1 aromatic rings. The van der Waals surface area contributed by atoms with Crippen LogP contribution in [0.3, 0.4) is 0 Å². The third-order valence-corrected chi connectivity index (χ3v) is 2.81. The minimum Gasteiger partial charge on any atom is -0.326 e. The smallest absolute Gasteiger partial charge is 0.0180 e. The Morgan fingerprint density at radius 1 is 1.00 bits per heavy atom. The molecule has 0 aliphatic rings. The van der Waals surface area contributed by atoms with E-state index in [4.69, 9.17) is 5.73 Å². The van der Waals surface area contributed by atoms with Crippen LogP contribution in [0.1, 0.15) is 27.8 Å². The van der Waals surface area contributed by atoms with Gasteiger partial charge in [-0.05, 0) is 55.5 Å². The van der Waals surface area contributed by atoms with Crippen LogP contribution in [0.4, 0.5) is 0 Å². The van der Waals surface area contributed by atoms with Gasteiger partial charge in [-0.15, -0.1) is 12.4 Å². The van der Waals surface area contributed by atoms with Crippen molar-refractivity contribution >= 4 is 12.4 Å². The van der Waals surface area contributed by atoms with Gasteiger partial charge in [0.25, 0.3) is 0 Å². The molecular formula is C11H18ClN. The summed E-state index contributed by atoms with van der Waals surface area (Å²) in [6, 6.07) is 2.19. The van der Waals surface area contributed by atoms with Crippen molar-refractivity contribution < 1.29 is 0 Å². The highest BCUT2D eigenvalue weighted by Crippen LogP contribution is 2.20. The molecule has 1 nitrogen and oxygen atoms in total. The Labute approximate surface area is 86.7 Å². The maximum absolute atomic E-state index is 5.64. The molecule has 2 heteroatoms. The average Bonchev–Trinajstić information content (AvgIpc) is 2.08. The lowest BCUT2D eigenvalue weighted by atomic mass is 9.95. The van der Waals surface area contributed by atoms with Crippen LogP contribution in [0.2, 0.25) is 0 Å². The first kappa shape index (κ1) is 12.5. The molecule has 1 rings (SSSR count). The first-order valence-electron chi connectivity index (χ1n) is 4.34. The van der Waals surface area contributed by atoms with Crippen LogP contribution >= 0.6 is 12.4 Å². The van der Waals surface area contributed by atoms with Gasteiger partial charge in [-0.1, -0.05) is 6.07 Å². The predicted molar refractivity (Wildman–Crippen MR) is 60.5 cm³/mol. The second kappa shape index (κ2) is 4.64. The van der Waals surface area contributed by atoms with Gasteiger partial charge in [0.05, 0.1) is 0 Å². The maximum Gasteiger partial charge on any atom is 0.0180 e. The third kappa shape index (κ3) is 2.23. The maximum atomic E-state index is 5.64. The largest absolute Gasteiger partial charge is 0.326 e.